The van der Waals surface area contributed by atoms with Gasteiger partial charge >= 0.3 is 5.97 Å². The maximum Gasteiger partial charge on any atom is 0.344 e. The summed E-state index contributed by atoms with van der Waals surface area (Å²) < 4.78 is 43.0. The third-order valence-electron chi connectivity index (χ3n) is 4.04. The highest BCUT2D eigenvalue weighted by molar-refractivity contribution is 9.10. The number of esters is 1. The van der Waals surface area contributed by atoms with E-state index in [0.717, 1.165) is 18.1 Å². The second-order valence-corrected chi connectivity index (χ2v) is 7.88. The molecule has 3 rings (SSSR count). The van der Waals surface area contributed by atoms with Gasteiger partial charge in [0.1, 0.15) is 11.4 Å². The van der Waals surface area contributed by atoms with Crippen LogP contribution in [-0.4, -0.2) is 30.7 Å². The van der Waals surface area contributed by atoms with Crippen molar-refractivity contribution in [2.24, 2.45) is 0 Å². The number of carbonyl (C=O) groups excluding carboxylic acids is 2. The number of amides is 1. The van der Waals surface area contributed by atoms with E-state index in [0.29, 0.717) is 17.6 Å². The lowest BCUT2D eigenvalue weighted by Gasteiger charge is -2.18. The van der Waals surface area contributed by atoms with E-state index in [4.69, 9.17) is 14.2 Å². The van der Waals surface area contributed by atoms with E-state index >= 15 is 0 Å². The number of ether oxygens (including phenoxy) is 3. The molecule has 154 valence electrons. The van der Waals surface area contributed by atoms with E-state index in [1.54, 1.807) is 12.1 Å². The van der Waals surface area contributed by atoms with Gasteiger partial charge in [0.25, 0.3) is 5.91 Å². The summed E-state index contributed by atoms with van der Waals surface area (Å²) in [7, 11) is 0. The Labute approximate surface area is 174 Å². The molecule has 0 unspecified atom stereocenters. The minimum atomic E-state index is -0.958. The average Bonchev–Trinajstić information content (AvgIpc) is 2.95. The number of hydrogen-bond acceptors (Lipinski definition) is 5. The van der Waals surface area contributed by atoms with Crippen LogP contribution in [0.5, 0.6) is 11.5 Å². The Hall–Kier alpha value is -2.68. The summed E-state index contributed by atoms with van der Waals surface area (Å²) in [4.78, 5) is 23.8. The zero-order valence-corrected chi connectivity index (χ0v) is 17.3. The topological polar surface area (TPSA) is 73.9 Å². The quantitative estimate of drug-likeness (QED) is 0.647. The standard InChI is InChI=1S/C20H18BrF2NO5/c1-20(2)8-11-4-3-5-15(19(11)29-20)27-10-17(26)28-9-16(25)24-18-13(21)6-12(22)7-14(18)23/h3-7H,8-10H2,1-2H3,(H,24,25). The van der Waals surface area contributed by atoms with Crippen LogP contribution in [0.15, 0.2) is 34.8 Å². The van der Waals surface area contributed by atoms with Gasteiger partial charge in [0, 0.05) is 22.5 Å². The monoisotopic (exact) mass is 469 g/mol. The molecular formula is C20H18BrF2NO5. The summed E-state index contributed by atoms with van der Waals surface area (Å²) in [5.74, 6) is -2.33. The molecule has 0 fully saturated rings. The highest BCUT2D eigenvalue weighted by Gasteiger charge is 2.32. The lowest BCUT2D eigenvalue weighted by atomic mass is 10.0. The van der Waals surface area contributed by atoms with Crippen LogP contribution in [0.1, 0.15) is 19.4 Å². The predicted molar refractivity (Wildman–Crippen MR) is 104 cm³/mol. The number of halogens is 3. The molecule has 1 N–H and O–H groups in total. The molecule has 0 spiro atoms. The van der Waals surface area contributed by atoms with Crippen molar-refractivity contribution in [1.29, 1.82) is 0 Å². The van der Waals surface area contributed by atoms with Gasteiger partial charge in [-0.05, 0) is 41.9 Å². The molecule has 0 radical (unpaired) electrons. The molecule has 1 heterocycles. The molecule has 2 aromatic carbocycles. The summed E-state index contributed by atoms with van der Waals surface area (Å²) in [6, 6.07) is 7.02. The average molecular weight is 470 g/mol. The molecule has 9 heteroatoms. The normalized spacial score (nSPS) is 14.0. The zero-order chi connectivity index (χ0) is 21.2. The van der Waals surface area contributed by atoms with Crippen LogP contribution in [0.25, 0.3) is 0 Å². The summed E-state index contributed by atoms with van der Waals surface area (Å²) in [6.07, 6.45) is 0.722. The highest BCUT2D eigenvalue weighted by Crippen LogP contribution is 2.41. The molecule has 0 aliphatic carbocycles. The fourth-order valence-corrected chi connectivity index (χ4v) is 3.37. The Morgan fingerprint density at radius 3 is 2.72 bits per heavy atom. The van der Waals surface area contributed by atoms with Crippen molar-refractivity contribution in [1.82, 2.24) is 0 Å². The number of rotatable bonds is 6. The molecule has 0 aromatic heterocycles. The van der Waals surface area contributed by atoms with E-state index in [1.807, 2.05) is 19.9 Å². The van der Waals surface area contributed by atoms with E-state index < -0.39 is 36.7 Å². The first-order valence-corrected chi connectivity index (χ1v) is 9.47. The van der Waals surface area contributed by atoms with Crippen molar-refractivity contribution in [3.63, 3.8) is 0 Å². The van der Waals surface area contributed by atoms with Crippen molar-refractivity contribution >= 4 is 33.5 Å². The number of para-hydroxylation sites is 1. The molecule has 29 heavy (non-hydrogen) atoms. The van der Waals surface area contributed by atoms with Gasteiger partial charge in [-0.25, -0.2) is 13.6 Å². The van der Waals surface area contributed by atoms with Crippen LogP contribution < -0.4 is 14.8 Å². The summed E-state index contributed by atoms with van der Waals surface area (Å²) in [5, 5.41) is 2.21. The van der Waals surface area contributed by atoms with Gasteiger partial charge in [0.2, 0.25) is 0 Å². The molecule has 0 bridgehead atoms. The van der Waals surface area contributed by atoms with Gasteiger partial charge in [-0.15, -0.1) is 0 Å². The van der Waals surface area contributed by atoms with Crippen molar-refractivity contribution in [3.8, 4) is 11.5 Å². The van der Waals surface area contributed by atoms with Gasteiger partial charge in [-0.3, -0.25) is 4.79 Å². The molecule has 1 aliphatic heterocycles. The number of nitrogens with one attached hydrogen (secondary N) is 1. The Balaban J connectivity index is 1.50. The smallest absolute Gasteiger partial charge is 0.344 e. The number of carbonyl (C=O) groups is 2. The fourth-order valence-electron chi connectivity index (χ4n) is 2.86. The lowest BCUT2D eigenvalue weighted by Crippen LogP contribution is -2.25. The molecule has 0 saturated heterocycles. The van der Waals surface area contributed by atoms with Crippen LogP contribution in [0, 0.1) is 11.6 Å². The van der Waals surface area contributed by atoms with Crippen LogP contribution in [0.3, 0.4) is 0 Å². The summed E-state index contributed by atoms with van der Waals surface area (Å²) >= 11 is 2.96. The first kappa shape index (κ1) is 21.0. The van der Waals surface area contributed by atoms with Gasteiger partial charge in [0.15, 0.2) is 30.5 Å². The van der Waals surface area contributed by atoms with Crippen LogP contribution >= 0.6 is 15.9 Å². The van der Waals surface area contributed by atoms with Gasteiger partial charge in [-0.1, -0.05) is 12.1 Å². The third kappa shape index (κ3) is 5.23. The van der Waals surface area contributed by atoms with Crippen molar-refractivity contribution in [3.05, 3.63) is 52.0 Å². The van der Waals surface area contributed by atoms with E-state index in [2.05, 4.69) is 21.2 Å². The SMILES string of the molecule is CC1(C)Cc2cccc(OCC(=O)OCC(=O)Nc3c(F)cc(F)cc3Br)c2O1. The van der Waals surface area contributed by atoms with Crippen LogP contribution in [0.2, 0.25) is 0 Å². The molecule has 0 saturated carbocycles. The number of anilines is 1. The molecule has 0 atom stereocenters. The second kappa shape index (κ2) is 8.36. The molecular weight excluding hydrogens is 452 g/mol. The second-order valence-electron chi connectivity index (χ2n) is 7.02. The molecule has 1 aliphatic rings. The third-order valence-corrected chi connectivity index (χ3v) is 4.66. The molecule has 1 amide bonds. The van der Waals surface area contributed by atoms with E-state index in [-0.39, 0.29) is 15.8 Å². The minimum Gasteiger partial charge on any atom is -0.483 e. The molecule has 6 nitrogen and oxygen atoms in total. The Morgan fingerprint density at radius 2 is 2.00 bits per heavy atom. The summed E-state index contributed by atoms with van der Waals surface area (Å²) in [5.41, 5.74) is 0.375. The largest absolute Gasteiger partial charge is 0.483 e. The van der Waals surface area contributed by atoms with E-state index in [1.165, 1.54) is 0 Å². The van der Waals surface area contributed by atoms with Crippen LogP contribution in [0.4, 0.5) is 14.5 Å². The maximum atomic E-state index is 13.7. The van der Waals surface area contributed by atoms with Gasteiger partial charge in [0.05, 0.1) is 5.69 Å². The Morgan fingerprint density at radius 1 is 1.24 bits per heavy atom. The van der Waals surface area contributed by atoms with Crippen molar-refractivity contribution < 1.29 is 32.6 Å². The molecule has 2 aromatic rings. The zero-order valence-electron chi connectivity index (χ0n) is 15.7. The number of benzene rings is 2. The first-order chi connectivity index (χ1) is 13.6. The number of hydrogen-bond donors (Lipinski definition) is 1. The number of fused-ring (bicyclic) bond motifs is 1. The van der Waals surface area contributed by atoms with Gasteiger partial charge in [-0.2, -0.15) is 0 Å². The maximum absolute atomic E-state index is 13.7. The first-order valence-electron chi connectivity index (χ1n) is 8.68. The Bertz CT molecular complexity index is 941. The highest BCUT2D eigenvalue weighted by atomic mass is 79.9. The lowest BCUT2D eigenvalue weighted by molar-refractivity contribution is -0.149. The van der Waals surface area contributed by atoms with E-state index in [9.17, 15) is 18.4 Å². The fraction of sp³-hybridized carbons (Fsp3) is 0.300. The summed E-state index contributed by atoms with van der Waals surface area (Å²) in [6.45, 7) is 2.82. The van der Waals surface area contributed by atoms with Gasteiger partial charge < -0.3 is 19.5 Å². The predicted octanol–water partition coefficient (Wildman–Crippen LogP) is 4.00. The Kier molecular flexibility index (Phi) is 6.07. The van der Waals surface area contributed by atoms with Crippen molar-refractivity contribution in [2.45, 2.75) is 25.9 Å². The van der Waals surface area contributed by atoms with Crippen molar-refractivity contribution in [2.75, 3.05) is 18.5 Å². The van der Waals surface area contributed by atoms with Crippen LogP contribution in [-0.2, 0) is 20.7 Å². The minimum absolute atomic E-state index is 0.0267.